The lowest BCUT2D eigenvalue weighted by molar-refractivity contribution is -0.137. The van der Waals surface area contributed by atoms with E-state index in [1.54, 1.807) is 0 Å². The van der Waals surface area contributed by atoms with Crippen molar-refractivity contribution in [2.75, 3.05) is 25.1 Å². The molecule has 0 unspecified atom stereocenters. The first-order valence-electron chi connectivity index (χ1n) is 9.62. The standard InChI is InChI=1S/C19H17F6N5O2/c20-7-18(1-3-26-4-2-18)11-6-9(19(23,24)25)5-10(29-11)13-12-14(15(21)22)32-17(31)30-16(12)28-8-27-13/h5-6,8,14-15,26H,1-4,7H2,(H,27,28,30,31)/t14-/m1/s1. The molecular weight excluding hydrogens is 444 g/mol. The Morgan fingerprint density at radius 2 is 1.91 bits per heavy atom. The second-order valence-electron chi connectivity index (χ2n) is 7.56. The van der Waals surface area contributed by atoms with Crippen molar-refractivity contribution in [1.29, 1.82) is 0 Å². The molecule has 0 radical (unpaired) electrons. The number of hydrogen-bond acceptors (Lipinski definition) is 6. The fourth-order valence-electron chi connectivity index (χ4n) is 3.90. The number of rotatable bonds is 4. The largest absolute Gasteiger partial charge is 0.435 e. The van der Waals surface area contributed by atoms with Gasteiger partial charge in [0.05, 0.1) is 22.5 Å². The van der Waals surface area contributed by atoms with Crippen LogP contribution in [0, 0.1) is 0 Å². The van der Waals surface area contributed by atoms with E-state index in [-0.39, 0.29) is 30.0 Å². The maximum absolute atomic E-state index is 14.1. The third kappa shape index (κ3) is 3.96. The lowest BCUT2D eigenvalue weighted by Crippen LogP contribution is -2.42. The van der Waals surface area contributed by atoms with Crippen LogP contribution in [0.15, 0.2) is 18.5 Å². The highest BCUT2D eigenvalue weighted by molar-refractivity contribution is 5.88. The van der Waals surface area contributed by atoms with E-state index in [9.17, 15) is 31.1 Å². The second-order valence-corrected chi connectivity index (χ2v) is 7.56. The first-order valence-corrected chi connectivity index (χ1v) is 9.62. The van der Waals surface area contributed by atoms with Gasteiger partial charge in [-0.25, -0.2) is 23.5 Å². The number of fused-ring (bicyclic) bond motifs is 1. The van der Waals surface area contributed by atoms with Crippen molar-refractivity contribution >= 4 is 11.9 Å². The average Bonchev–Trinajstić information content (AvgIpc) is 2.77. The van der Waals surface area contributed by atoms with Gasteiger partial charge in [0, 0.05) is 5.41 Å². The minimum atomic E-state index is -4.81. The van der Waals surface area contributed by atoms with Crippen LogP contribution in [0.1, 0.15) is 35.8 Å². The normalized spacial score (nSPS) is 20.5. The van der Waals surface area contributed by atoms with Gasteiger partial charge in [0.25, 0.3) is 6.43 Å². The monoisotopic (exact) mass is 461 g/mol. The van der Waals surface area contributed by atoms with E-state index in [0.29, 0.717) is 19.2 Å². The summed E-state index contributed by atoms with van der Waals surface area (Å²) in [6, 6.07) is 1.43. The van der Waals surface area contributed by atoms with Gasteiger partial charge in [-0.3, -0.25) is 14.7 Å². The molecule has 4 rings (SSSR count). The molecule has 4 heterocycles. The molecule has 1 fully saturated rings. The first-order chi connectivity index (χ1) is 15.1. The predicted molar refractivity (Wildman–Crippen MR) is 98.9 cm³/mol. The molecule has 1 amide bonds. The van der Waals surface area contributed by atoms with Gasteiger partial charge in [-0.05, 0) is 38.1 Å². The van der Waals surface area contributed by atoms with Gasteiger partial charge in [0.15, 0.2) is 6.10 Å². The number of anilines is 1. The van der Waals surface area contributed by atoms with E-state index < -0.39 is 53.7 Å². The molecule has 13 heteroatoms. The molecule has 0 aliphatic carbocycles. The highest BCUT2D eigenvalue weighted by Crippen LogP contribution is 2.42. The summed E-state index contributed by atoms with van der Waals surface area (Å²) < 4.78 is 87.0. The molecule has 2 aromatic rings. The maximum Gasteiger partial charge on any atom is 0.416 e. The van der Waals surface area contributed by atoms with Crippen LogP contribution in [0.25, 0.3) is 11.4 Å². The number of piperidine rings is 1. The van der Waals surface area contributed by atoms with E-state index in [0.717, 1.165) is 12.4 Å². The summed E-state index contributed by atoms with van der Waals surface area (Å²) in [5.74, 6) is -0.320. The zero-order chi connectivity index (χ0) is 23.1. The minimum Gasteiger partial charge on any atom is -0.435 e. The molecular formula is C19H17F6N5O2. The highest BCUT2D eigenvalue weighted by Gasteiger charge is 2.41. The van der Waals surface area contributed by atoms with Gasteiger partial charge in [-0.2, -0.15) is 13.2 Å². The van der Waals surface area contributed by atoms with Crippen LogP contribution in [-0.2, 0) is 16.3 Å². The Kier molecular flexibility index (Phi) is 5.69. The minimum absolute atomic E-state index is 0.145. The maximum atomic E-state index is 14.1. The van der Waals surface area contributed by atoms with Crippen LogP contribution in [0.5, 0.6) is 0 Å². The van der Waals surface area contributed by atoms with Gasteiger partial charge in [-0.15, -0.1) is 0 Å². The molecule has 1 saturated heterocycles. The second kappa shape index (κ2) is 8.19. The summed E-state index contributed by atoms with van der Waals surface area (Å²) in [5, 5.41) is 5.15. The summed E-state index contributed by atoms with van der Waals surface area (Å²) in [7, 11) is 0. The summed E-state index contributed by atoms with van der Waals surface area (Å²) in [6.07, 6.45) is -9.98. The SMILES string of the molecule is O=C1Nc2ncnc(-c3cc(C(F)(F)F)cc(C4(CF)CCNCC4)n3)c2[C@H](C(F)F)O1. The van der Waals surface area contributed by atoms with Gasteiger partial charge < -0.3 is 10.1 Å². The molecule has 1 atom stereocenters. The Labute approximate surface area is 177 Å². The number of carbonyl (C=O) groups is 1. The van der Waals surface area contributed by atoms with E-state index in [1.165, 1.54) is 0 Å². The summed E-state index contributed by atoms with van der Waals surface area (Å²) >= 11 is 0. The Hall–Kier alpha value is -2.96. The molecule has 0 saturated carbocycles. The molecule has 7 nitrogen and oxygen atoms in total. The van der Waals surface area contributed by atoms with Crippen LogP contribution in [0.4, 0.5) is 37.0 Å². The molecule has 0 spiro atoms. The Balaban J connectivity index is 1.94. The average molecular weight is 461 g/mol. The van der Waals surface area contributed by atoms with Crippen molar-refractivity contribution in [3.8, 4) is 11.4 Å². The lowest BCUT2D eigenvalue weighted by atomic mass is 9.76. The molecule has 2 N–H and O–H groups in total. The molecule has 32 heavy (non-hydrogen) atoms. The number of alkyl halides is 6. The third-order valence-electron chi connectivity index (χ3n) is 5.61. The molecule has 172 valence electrons. The number of nitrogens with zero attached hydrogens (tertiary/aromatic N) is 3. The fraction of sp³-hybridized carbons (Fsp3) is 0.474. The fourth-order valence-corrected chi connectivity index (χ4v) is 3.90. The number of carbonyl (C=O) groups excluding carboxylic acids is 1. The van der Waals surface area contributed by atoms with Crippen molar-refractivity contribution < 1.29 is 35.9 Å². The number of pyridine rings is 1. The molecule has 2 aliphatic rings. The first kappa shape index (κ1) is 22.2. The van der Waals surface area contributed by atoms with Crippen LogP contribution in [0.2, 0.25) is 0 Å². The van der Waals surface area contributed by atoms with Crippen molar-refractivity contribution in [3.05, 3.63) is 35.3 Å². The van der Waals surface area contributed by atoms with Gasteiger partial charge >= 0.3 is 12.3 Å². The molecule has 0 bridgehead atoms. The molecule has 2 aliphatic heterocycles. The number of ether oxygens (including phenoxy) is 1. The number of aromatic nitrogens is 3. The van der Waals surface area contributed by atoms with E-state index >= 15 is 0 Å². The van der Waals surface area contributed by atoms with Crippen LogP contribution >= 0.6 is 0 Å². The summed E-state index contributed by atoms with van der Waals surface area (Å²) in [4.78, 5) is 23.4. The Morgan fingerprint density at radius 1 is 1.19 bits per heavy atom. The number of cyclic esters (lactones) is 1. The number of nitrogens with one attached hydrogen (secondary N) is 2. The van der Waals surface area contributed by atoms with E-state index in [2.05, 4.69) is 30.3 Å². The Bertz CT molecular complexity index is 1030. The molecule has 0 aromatic carbocycles. The van der Waals surface area contributed by atoms with Crippen molar-refractivity contribution in [2.45, 2.75) is 37.0 Å². The predicted octanol–water partition coefficient (Wildman–Crippen LogP) is 4.02. The molecule has 2 aromatic heterocycles. The van der Waals surface area contributed by atoms with Gasteiger partial charge in [0.1, 0.15) is 24.5 Å². The summed E-state index contributed by atoms with van der Waals surface area (Å²) in [6.45, 7) is -0.177. The number of amides is 1. The van der Waals surface area contributed by atoms with E-state index in [4.69, 9.17) is 0 Å². The number of hydrogen-bond donors (Lipinski definition) is 2. The van der Waals surface area contributed by atoms with Crippen molar-refractivity contribution in [3.63, 3.8) is 0 Å². The lowest BCUT2D eigenvalue weighted by Gasteiger charge is -2.35. The topological polar surface area (TPSA) is 89.0 Å². The van der Waals surface area contributed by atoms with Crippen molar-refractivity contribution in [1.82, 2.24) is 20.3 Å². The number of halogens is 6. The smallest absolute Gasteiger partial charge is 0.416 e. The quantitative estimate of drug-likeness (QED) is 0.669. The van der Waals surface area contributed by atoms with Crippen LogP contribution < -0.4 is 10.6 Å². The van der Waals surface area contributed by atoms with Crippen molar-refractivity contribution in [2.24, 2.45) is 0 Å². The van der Waals surface area contributed by atoms with Crippen LogP contribution in [0.3, 0.4) is 0 Å². The van der Waals surface area contributed by atoms with Crippen LogP contribution in [-0.4, -0.2) is 47.2 Å². The Morgan fingerprint density at radius 3 is 2.53 bits per heavy atom. The third-order valence-corrected chi connectivity index (χ3v) is 5.61. The van der Waals surface area contributed by atoms with E-state index in [1.807, 2.05) is 0 Å². The summed E-state index contributed by atoms with van der Waals surface area (Å²) in [5.41, 5.74) is -3.69. The highest BCUT2D eigenvalue weighted by atomic mass is 19.4. The van der Waals surface area contributed by atoms with Gasteiger partial charge in [-0.1, -0.05) is 0 Å². The van der Waals surface area contributed by atoms with Gasteiger partial charge in [0.2, 0.25) is 0 Å². The zero-order valence-electron chi connectivity index (χ0n) is 16.3. The zero-order valence-corrected chi connectivity index (χ0v) is 16.3.